The summed E-state index contributed by atoms with van der Waals surface area (Å²) in [6.07, 6.45) is 65.4. The van der Waals surface area contributed by atoms with Crippen molar-refractivity contribution in [1.29, 1.82) is 0 Å². The van der Waals surface area contributed by atoms with Crippen molar-refractivity contribution in [2.75, 3.05) is 0 Å². The van der Waals surface area contributed by atoms with Crippen LogP contribution in [0.2, 0.25) is 0 Å². The molecule has 6 heteroatoms. The maximum atomic E-state index is 11.8. The standard InChI is InChI=1S/3C18H28O2/c1-17-15-13-11-9-7-5-3-2-4-6-8-10-12-14-16-18(19)20-17;1-2-17-15-13-11-9-7-5-3-4-6-8-10-12-14-16-18(19)20-17;1-2-14-17-15-12-10-8-6-4-3-5-7-9-11-13-16-18(19)20-17/h2-3,5,7,9,11,17H,4,6,8,10,12-16H2,1H3;3,5,7,9,11,13,17H,2,4,6,8,10,12,14-16H2,1H3;4,6,8,10,12,15,17H,2-3,5,7,9,11,13-14,16H2,1H3/b3-2+,7-5+,11-9+;5-3+,9-7+,13-11+;6-4+,10-8+,15-12+. The van der Waals surface area contributed by atoms with E-state index < -0.39 is 0 Å². The SMILES string of the molecule is CC1CC/C=C/C=C/C=C/CCCCCCCC(=O)O1.CCC1C/C=C/C=C/C=C/CCCCCCCC(=O)O1.CCCC1/C=C/C=C/C=C/CCCCCCCC(=O)O1. The molecule has 3 unspecified atom stereocenters. The number of hydrogen-bond acceptors (Lipinski definition) is 6. The van der Waals surface area contributed by atoms with E-state index in [0.29, 0.717) is 19.3 Å². The van der Waals surface area contributed by atoms with Crippen molar-refractivity contribution in [3.63, 3.8) is 0 Å². The molecule has 0 spiro atoms. The van der Waals surface area contributed by atoms with Crippen LogP contribution in [-0.4, -0.2) is 36.2 Å². The maximum Gasteiger partial charge on any atom is 0.306 e. The van der Waals surface area contributed by atoms with E-state index in [0.717, 1.165) is 96.3 Å². The van der Waals surface area contributed by atoms with Crippen LogP contribution in [-0.2, 0) is 28.6 Å². The molecule has 0 aromatic heterocycles. The highest BCUT2D eigenvalue weighted by atomic mass is 16.5. The molecule has 0 aromatic rings. The number of allylic oxidation sites excluding steroid dienone is 16. The summed E-state index contributed by atoms with van der Waals surface area (Å²) in [5.41, 5.74) is 0. The molecule has 3 atom stereocenters. The molecular weight excluding hydrogens is 745 g/mol. The van der Waals surface area contributed by atoms with Gasteiger partial charge in [-0.2, -0.15) is 0 Å². The first-order chi connectivity index (χ1) is 29.4. The van der Waals surface area contributed by atoms with Gasteiger partial charge in [-0.15, -0.1) is 0 Å². The van der Waals surface area contributed by atoms with Gasteiger partial charge in [0.1, 0.15) is 12.2 Å². The van der Waals surface area contributed by atoms with Gasteiger partial charge < -0.3 is 14.2 Å². The molecular formula is C54H84O6. The van der Waals surface area contributed by atoms with Crippen LogP contribution in [0.15, 0.2) is 109 Å². The van der Waals surface area contributed by atoms with Crippen molar-refractivity contribution in [2.24, 2.45) is 0 Å². The number of carbonyl (C=O) groups excluding carboxylic acids is 3. The average molecular weight is 829 g/mol. The zero-order chi connectivity index (χ0) is 43.4. The van der Waals surface area contributed by atoms with Crippen LogP contribution in [0.3, 0.4) is 0 Å². The first-order valence-corrected chi connectivity index (χ1v) is 24.0. The lowest BCUT2D eigenvalue weighted by atomic mass is 10.1. The van der Waals surface area contributed by atoms with E-state index >= 15 is 0 Å². The van der Waals surface area contributed by atoms with E-state index in [1.807, 2.05) is 43.4 Å². The lowest BCUT2D eigenvalue weighted by Gasteiger charge is -2.14. The molecule has 0 amide bonds. The fraction of sp³-hybridized carbons (Fsp3) is 0.611. The highest BCUT2D eigenvalue weighted by molar-refractivity contribution is 5.70. The van der Waals surface area contributed by atoms with Gasteiger partial charge in [-0.3, -0.25) is 14.4 Å². The second kappa shape index (κ2) is 41.8. The van der Waals surface area contributed by atoms with Crippen LogP contribution in [0.5, 0.6) is 0 Å². The smallest absolute Gasteiger partial charge is 0.306 e. The van der Waals surface area contributed by atoms with Gasteiger partial charge in [0.05, 0.1) is 6.10 Å². The van der Waals surface area contributed by atoms with Gasteiger partial charge in [-0.25, -0.2) is 0 Å². The number of cyclic esters (lactones) is 3. The second-order valence-corrected chi connectivity index (χ2v) is 16.1. The Morgan fingerprint density at radius 2 is 0.850 bits per heavy atom. The molecule has 6 nitrogen and oxygen atoms in total. The number of esters is 3. The van der Waals surface area contributed by atoms with Crippen molar-refractivity contribution in [2.45, 2.75) is 212 Å². The Kier molecular flexibility index (Phi) is 37.7. The van der Waals surface area contributed by atoms with Gasteiger partial charge in [-0.1, -0.05) is 181 Å². The molecule has 3 aliphatic heterocycles. The minimum absolute atomic E-state index is 0.0231. The fourth-order valence-electron chi connectivity index (χ4n) is 6.69. The summed E-state index contributed by atoms with van der Waals surface area (Å²) in [7, 11) is 0. The van der Waals surface area contributed by atoms with Gasteiger partial charge in [-0.05, 0) is 96.5 Å². The van der Waals surface area contributed by atoms with Crippen LogP contribution < -0.4 is 0 Å². The molecule has 0 aliphatic carbocycles. The first kappa shape index (κ1) is 54.1. The highest BCUT2D eigenvalue weighted by Gasteiger charge is 2.12. The van der Waals surface area contributed by atoms with Crippen molar-refractivity contribution >= 4 is 17.9 Å². The third-order valence-electron chi connectivity index (χ3n) is 10.3. The molecule has 336 valence electrons. The predicted octanol–water partition coefficient (Wildman–Crippen LogP) is 15.3. The number of hydrogen-bond donors (Lipinski definition) is 0. The van der Waals surface area contributed by atoms with E-state index in [-0.39, 0.29) is 36.2 Å². The minimum atomic E-state index is -0.0750. The van der Waals surface area contributed by atoms with Crippen molar-refractivity contribution in [3.05, 3.63) is 109 Å². The molecule has 0 bridgehead atoms. The summed E-state index contributed by atoms with van der Waals surface area (Å²) in [6, 6.07) is 0. The van der Waals surface area contributed by atoms with Crippen LogP contribution >= 0.6 is 0 Å². The molecule has 0 saturated heterocycles. The van der Waals surface area contributed by atoms with Gasteiger partial charge >= 0.3 is 17.9 Å². The van der Waals surface area contributed by atoms with Crippen LogP contribution in [0, 0.1) is 0 Å². The summed E-state index contributed by atoms with van der Waals surface area (Å²) in [6.45, 7) is 6.15. The lowest BCUT2D eigenvalue weighted by Crippen LogP contribution is -2.16. The number of carbonyl (C=O) groups is 3. The Bertz CT molecular complexity index is 1340. The van der Waals surface area contributed by atoms with E-state index in [4.69, 9.17) is 14.2 Å². The maximum absolute atomic E-state index is 11.8. The summed E-state index contributed by atoms with van der Waals surface area (Å²) in [4.78, 5) is 35.1. The molecule has 0 fully saturated rings. The third kappa shape index (κ3) is 37.1. The van der Waals surface area contributed by atoms with Crippen LogP contribution in [0.25, 0.3) is 0 Å². The quantitative estimate of drug-likeness (QED) is 0.208. The number of rotatable bonds is 3. The second-order valence-electron chi connectivity index (χ2n) is 16.1. The Morgan fingerprint density at radius 3 is 1.33 bits per heavy atom. The topological polar surface area (TPSA) is 78.9 Å². The highest BCUT2D eigenvalue weighted by Crippen LogP contribution is 2.14. The zero-order valence-electron chi connectivity index (χ0n) is 38.2. The largest absolute Gasteiger partial charge is 0.463 e. The van der Waals surface area contributed by atoms with E-state index in [2.05, 4.69) is 86.8 Å². The fourth-order valence-corrected chi connectivity index (χ4v) is 6.69. The van der Waals surface area contributed by atoms with E-state index in [1.165, 1.54) is 57.8 Å². The molecule has 3 heterocycles. The van der Waals surface area contributed by atoms with Crippen molar-refractivity contribution in [1.82, 2.24) is 0 Å². The molecule has 3 aliphatic rings. The summed E-state index contributed by atoms with van der Waals surface area (Å²) in [5.74, 6) is -0.124. The van der Waals surface area contributed by atoms with E-state index in [1.54, 1.807) is 0 Å². The minimum Gasteiger partial charge on any atom is -0.463 e. The molecule has 0 saturated carbocycles. The summed E-state index contributed by atoms with van der Waals surface area (Å²) in [5, 5.41) is 0. The number of ether oxygens (including phenoxy) is 3. The summed E-state index contributed by atoms with van der Waals surface area (Å²) >= 11 is 0. The van der Waals surface area contributed by atoms with Gasteiger partial charge in [0.25, 0.3) is 0 Å². The summed E-state index contributed by atoms with van der Waals surface area (Å²) < 4.78 is 16.4. The Hall–Kier alpha value is -3.93. The van der Waals surface area contributed by atoms with Crippen LogP contribution in [0.4, 0.5) is 0 Å². The normalized spacial score (nSPS) is 28.1. The lowest BCUT2D eigenvalue weighted by molar-refractivity contribution is -0.150. The van der Waals surface area contributed by atoms with Crippen LogP contribution in [0.1, 0.15) is 194 Å². The van der Waals surface area contributed by atoms with E-state index in [9.17, 15) is 14.4 Å². The molecule has 3 rings (SSSR count). The zero-order valence-corrected chi connectivity index (χ0v) is 38.2. The van der Waals surface area contributed by atoms with Gasteiger partial charge in [0.2, 0.25) is 0 Å². The van der Waals surface area contributed by atoms with Gasteiger partial charge in [0, 0.05) is 25.7 Å². The van der Waals surface area contributed by atoms with Gasteiger partial charge in [0.15, 0.2) is 0 Å². The Morgan fingerprint density at radius 1 is 0.450 bits per heavy atom. The van der Waals surface area contributed by atoms with Crippen molar-refractivity contribution in [3.8, 4) is 0 Å². The Labute approximate surface area is 367 Å². The first-order valence-electron chi connectivity index (χ1n) is 24.0. The predicted molar refractivity (Wildman–Crippen MR) is 254 cm³/mol. The van der Waals surface area contributed by atoms with Crippen molar-refractivity contribution < 1.29 is 28.6 Å². The Balaban J connectivity index is 0.000000450. The molecule has 60 heavy (non-hydrogen) atoms. The third-order valence-corrected chi connectivity index (χ3v) is 10.3. The monoisotopic (exact) mass is 829 g/mol. The molecule has 0 radical (unpaired) electrons. The molecule has 0 aromatic carbocycles. The molecule has 0 N–H and O–H groups in total. The average Bonchev–Trinajstić information content (AvgIpc) is 3.23.